The molecule has 0 saturated heterocycles. The number of ether oxygens (including phenoxy) is 1. The molecule has 0 aliphatic heterocycles. The topological polar surface area (TPSA) is 26.3 Å². The van der Waals surface area contributed by atoms with Crippen molar-refractivity contribution in [2.24, 2.45) is 0 Å². The van der Waals surface area contributed by atoms with Crippen LogP contribution in [0.2, 0.25) is 0 Å². The number of hydrogen-bond acceptors (Lipinski definition) is 2. The zero-order valence-corrected chi connectivity index (χ0v) is 12.2. The van der Waals surface area contributed by atoms with E-state index in [0.29, 0.717) is 16.8 Å². The maximum atomic E-state index is 13.2. The highest BCUT2D eigenvalue weighted by Crippen LogP contribution is 2.26. The van der Waals surface area contributed by atoms with Crippen molar-refractivity contribution in [1.82, 2.24) is 0 Å². The second kappa shape index (κ2) is 6.13. The van der Waals surface area contributed by atoms with Crippen LogP contribution in [0.5, 0.6) is 5.75 Å². The van der Waals surface area contributed by atoms with E-state index in [1.165, 1.54) is 0 Å². The zero-order chi connectivity index (χ0) is 14.7. The molecule has 2 rings (SSSR count). The zero-order valence-electron chi connectivity index (χ0n) is 10.6. The van der Waals surface area contributed by atoms with Gasteiger partial charge in [0.05, 0.1) is 12.2 Å². The number of hydrogen-bond donors (Lipinski definition) is 0. The minimum absolute atomic E-state index is 0.0541. The molecule has 2 nitrogen and oxygen atoms in total. The van der Waals surface area contributed by atoms with Gasteiger partial charge >= 0.3 is 0 Å². The summed E-state index contributed by atoms with van der Waals surface area (Å²) in [6.07, 6.45) is 0. The highest BCUT2D eigenvalue weighted by Gasteiger charge is 2.17. The van der Waals surface area contributed by atoms with Crippen LogP contribution in [0.1, 0.15) is 22.8 Å². The number of halogens is 3. The third kappa shape index (κ3) is 3.22. The Morgan fingerprint density at radius 3 is 2.40 bits per heavy atom. The summed E-state index contributed by atoms with van der Waals surface area (Å²) in [4.78, 5) is 12.4. The first-order valence-electron chi connectivity index (χ1n) is 5.94. The maximum Gasteiger partial charge on any atom is 0.196 e. The molecule has 2 aromatic carbocycles. The van der Waals surface area contributed by atoms with Crippen molar-refractivity contribution < 1.29 is 18.3 Å². The molecule has 0 aromatic heterocycles. The molecular weight excluding hydrogens is 330 g/mol. The molecule has 2 aromatic rings. The van der Waals surface area contributed by atoms with E-state index >= 15 is 0 Å². The summed E-state index contributed by atoms with van der Waals surface area (Å²) >= 11 is 3.26. The van der Waals surface area contributed by atoms with Crippen LogP contribution in [0.15, 0.2) is 40.9 Å². The average Bonchev–Trinajstić information content (AvgIpc) is 2.39. The second-order valence-electron chi connectivity index (χ2n) is 4.06. The summed E-state index contributed by atoms with van der Waals surface area (Å²) in [5.74, 6) is -1.69. The van der Waals surface area contributed by atoms with Gasteiger partial charge in [-0.2, -0.15) is 0 Å². The number of carbonyl (C=O) groups is 1. The second-order valence-corrected chi connectivity index (χ2v) is 4.98. The molecule has 20 heavy (non-hydrogen) atoms. The maximum absolute atomic E-state index is 13.2. The van der Waals surface area contributed by atoms with Crippen LogP contribution in [-0.4, -0.2) is 12.4 Å². The van der Waals surface area contributed by atoms with Gasteiger partial charge in [-0.25, -0.2) is 8.78 Å². The predicted octanol–water partition coefficient (Wildman–Crippen LogP) is 4.36. The van der Waals surface area contributed by atoms with Gasteiger partial charge in [-0.05, 0) is 37.3 Å². The Kier molecular flexibility index (Phi) is 4.49. The molecular formula is C15H11BrF2O2. The molecule has 0 spiro atoms. The third-order valence-corrected chi connectivity index (χ3v) is 3.10. The van der Waals surface area contributed by atoms with Gasteiger partial charge in [0, 0.05) is 16.1 Å². The van der Waals surface area contributed by atoms with Crippen LogP contribution >= 0.6 is 15.9 Å². The fourth-order valence-electron chi connectivity index (χ4n) is 1.80. The van der Waals surface area contributed by atoms with Crippen LogP contribution in [-0.2, 0) is 0 Å². The molecule has 0 radical (unpaired) electrons. The van der Waals surface area contributed by atoms with Crippen LogP contribution in [0.25, 0.3) is 0 Å². The van der Waals surface area contributed by atoms with Crippen molar-refractivity contribution in [3.05, 3.63) is 63.6 Å². The number of carbonyl (C=O) groups excluding carboxylic acids is 1. The lowest BCUT2D eigenvalue weighted by molar-refractivity contribution is 0.103. The fraction of sp³-hybridized carbons (Fsp3) is 0.133. The molecule has 0 amide bonds. The molecule has 0 aliphatic rings. The first-order valence-corrected chi connectivity index (χ1v) is 6.73. The lowest BCUT2D eigenvalue weighted by Crippen LogP contribution is -2.06. The Labute approximate surface area is 123 Å². The fourth-order valence-corrected chi connectivity index (χ4v) is 2.16. The molecule has 104 valence electrons. The minimum atomic E-state index is -0.790. The van der Waals surface area contributed by atoms with Crippen LogP contribution in [0.4, 0.5) is 8.78 Å². The van der Waals surface area contributed by atoms with E-state index < -0.39 is 17.4 Å². The molecule has 5 heteroatoms. The van der Waals surface area contributed by atoms with Crippen molar-refractivity contribution in [2.45, 2.75) is 6.92 Å². The summed E-state index contributed by atoms with van der Waals surface area (Å²) in [5, 5.41) is 0. The van der Waals surface area contributed by atoms with E-state index in [-0.39, 0.29) is 11.1 Å². The lowest BCUT2D eigenvalue weighted by atomic mass is 10.0. The Hall–Kier alpha value is -1.75. The average molecular weight is 341 g/mol. The van der Waals surface area contributed by atoms with E-state index in [1.807, 2.05) is 0 Å². The molecule has 0 unspecified atom stereocenters. The van der Waals surface area contributed by atoms with Gasteiger partial charge in [0.2, 0.25) is 0 Å². The summed E-state index contributed by atoms with van der Waals surface area (Å²) in [6, 6.07) is 7.66. The van der Waals surface area contributed by atoms with Crippen molar-refractivity contribution in [1.29, 1.82) is 0 Å². The van der Waals surface area contributed by atoms with Crippen molar-refractivity contribution >= 4 is 21.7 Å². The summed E-state index contributed by atoms with van der Waals surface area (Å²) in [7, 11) is 0. The smallest absolute Gasteiger partial charge is 0.196 e. The largest absolute Gasteiger partial charge is 0.493 e. The first-order chi connectivity index (χ1) is 9.51. The van der Waals surface area contributed by atoms with Gasteiger partial charge in [0.25, 0.3) is 0 Å². The van der Waals surface area contributed by atoms with Gasteiger partial charge in [-0.15, -0.1) is 0 Å². The minimum Gasteiger partial charge on any atom is -0.493 e. The van der Waals surface area contributed by atoms with Crippen LogP contribution in [0.3, 0.4) is 0 Å². The van der Waals surface area contributed by atoms with Crippen molar-refractivity contribution in [2.75, 3.05) is 6.61 Å². The predicted molar refractivity (Wildman–Crippen MR) is 75.1 cm³/mol. The van der Waals surface area contributed by atoms with Gasteiger partial charge in [-0.3, -0.25) is 4.79 Å². The number of ketones is 1. The highest BCUT2D eigenvalue weighted by molar-refractivity contribution is 9.10. The first kappa shape index (κ1) is 14.7. The highest BCUT2D eigenvalue weighted by atomic mass is 79.9. The SMILES string of the molecule is CCOc1ccc(Br)cc1C(=O)c1cc(F)cc(F)c1. The summed E-state index contributed by atoms with van der Waals surface area (Å²) in [5.41, 5.74) is 0.202. The van der Waals surface area contributed by atoms with Gasteiger partial charge in [0.1, 0.15) is 17.4 Å². The van der Waals surface area contributed by atoms with Crippen molar-refractivity contribution in [3.63, 3.8) is 0 Å². The van der Waals surface area contributed by atoms with Crippen molar-refractivity contribution in [3.8, 4) is 5.75 Å². The Bertz CT molecular complexity index is 636. The Morgan fingerprint density at radius 1 is 1.15 bits per heavy atom. The van der Waals surface area contributed by atoms with E-state index in [1.54, 1.807) is 25.1 Å². The van der Waals surface area contributed by atoms with E-state index in [9.17, 15) is 13.6 Å². The molecule has 0 atom stereocenters. The Morgan fingerprint density at radius 2 is 1.80 bits per heavy atom. The molecule has 0 saturated carbocycles. The Balaban J connectivity index is 2.49. The molecule has 0 fully saturated rings. The molecule has 0 aliphatic carbocycles. The third-order valence-electron chi connectivity index (χ3n) is 2.61. The normalized spacial score (nSPS) is 10.4. The quantitative estimate of drug-likeness (QED) is 0.773. The molecule has 0 bridgehead atoms. The van der Waals surface area contributed by atoms with Gasteiger partial charge < -0.3 is 4.74 Å². The standard InChI is InChI=1S/C15H11BrF2O2/c1-2-20-14-4-3-10(16)7-13(14)15(19)9-5-11(17)8-12(18)6-9/h3-8H,2H2,1H3. The number of rotatable bonds is 4. The molecule has 0 N–H and O–H groups in total. The molecule has 0 heterocycles. The lowest BCUT2D eigenvalue weighted by Gasteiger charge is -2.10. The summed E-state index contributed by atoms with van der Waals surface area (Å²) < 4.78 is 32.4. The number of benzene rings is 2. The van der Waals surface area contributed by atoms with Crippen LogP contribution in [0, 0.1) is 11.6 Å². The van der Waals surface area contributed by atoms with Gasteiger partial charge in [-0.1, -0.05) is 15.9 Å². The van der Waals surface area contributed by atoms with Crippen LogP contribution < -0.4 is 4.74 Å². The van der Waals surface area contributed by atoms with Gasteiger partial charge in [0.15, 0.2) is 5.78 Å². The van der Waals surface area contributed by atoms with E-state index in [2.05, 4.69) is 15.9 Å². The van der Waals surface area contributed by atoms with E-state index in [4.69, 9.17) is 4.74 Å². The monoisotopic (exact) mass is 340 g/mol. The summed E-state index contributed by atoms with van der Waals surface area (Å²) in [6.45, 7) is 2.18. The van der Waals surface area contributed by atoms with E-state index in [0.717, 1.165) is 18.2 Å².